The molecule has 9 nitrogen and oxygen atoms in total. The number of carbonyl (C=O) groups excluding carboxylic acids is 2. The van der Waals surface area contributed by atoms with Gasteiger partial charge in [-0.3, -0.25) is 9.59 Å². The maximum Gasteiger partial charge on any atom is 0.251 e. The normalized spacial score (nSPS) is 11.6. The Bertz CT molecular complexity index is 1070. The number of thioether (sulfide) groups is 1. The average Bonchev–Trinajstić information content (AvgIpc) is 3.19. The van der Waals surface area contributed by atoms with Crippen molar-refractivity contribution in [3.8, 4) is 5.75 Å². The van der Waals surface area contributed by atoms with E-state index in [1.54, 1.807) is 42.2 Å². The van der Waals surface area contributed by atoms with Gasteiger partial charge in [-0.2, -0.15) is 0 Å². The molecule has 2 amide bonds. The molecule has 2 aromatic carbocycles. The largest absolute Gasteiger partial charge is 0.491 e. The molecule has 3 N–H and O–H groups in total. The third-order valence-electron chi connectivity index (χ3n) is 4.34. The quantitative estimate of drug-likeness (QED) is 0.400. The molecule has 0 saturated carbocycles. The van der Waals surface area contributed by atoms with Crippen LogP contribution in [0.2, 0.25) is 0 Å². The van der Waals surface area contributed by atoms with E-state index in [0.29, 0.717) is 22.2 Å². The van der Waals surface area contributed by atoms with Crippen molar-refractivity contribution in [1.82, 2.24) is 20.1 Å². The number of hydrogen-bond donors (Lipinski definition) is 3. The highest BCUT2D eigenvalue weighted by Gasteiger charge is 2.12. The van der Waals surface area contributed by atoms with Crippen LogP contribution < -0.4 is 15.4 Å². The first kappa shape index (κ1) is 23.3. The molecule has 0 spiro atoms. The third-order valence-corrected chi connectivity index (χ3v) is 5.38. The van der Waals surface area contributed by atoms with Gasteiger partial charge in [0.15, 0.2) is 5.16 Å². The van der Waals surface area contributed by atoms with Gasteiger partial charge in [-0.05, 0) is 42.8 Å². The molecule has 1 heterocycles. The number of rotatable bonds is 10. The van der Waals surface area contributed by atoms with Crippen molar-refractivity contribution in [3.05, 3.63) is 66.0 Å². The number of nitrogens with one attached hydrogen (secondary N) is 2. The zero-order valence-electron chi connectivity index (χ0n) is 17.8. The van der Waals surface area contributed by atoms with E-state index in [9.17, 15) is 14.7 Å². The first-order valence-corrected chi connectivity index (χ1v) is 10.9. The Morgan fingerprint density at radius 1 is 1.22 bits per heavy atom. The second-order valence-electron chi connectivity index (χ2n) is 7.13. The SMILES string of the molecule is Cc1cccc(OCC(O)CNC(=O)c2cccc(NC(=O)CSc3nncn3C)c2)c1. The van der Waals surface area contributed by atoms with E-state index in [0.717, 1.165) is 5.56 Å². The van der Waals surface area contributed by atoms with Crippen molar-refractivity contribution in [2.75, 3.05) is 24.2 Å². The number of hydrogen-bond acceptors (Lipinski definition) is 7. The number of ether oxygens (including phenoxy) is 1. The lowest BCUT2D eigenvalue weighted by molar-refractivity contribution is -0.113. The summed E-state index contributed by atoms with van der Waals surface area (Å²) >= 11 is 1.26. The molecule has 0 radical (unpaired) electrons. The number of aliphatic hydroxyl groups excluding tert-OH is 1. The molecule has 1 atom stereocenters. The van der Waals surface area contributed by atoms with Crippen LogP contribution in [-0.4, -0.2) is 56.7 Å². The summed E-state index contributed by atoms with van der Waals surface area (Å²) in [7, 11) is 1.80. The standard InChI is InChI=1S/C22H25N5O4S/c1-15-5-3-8-19(9-15)31-12-18(28)11-23-21(30)16-6-4-7-17(10-16)25-20(29)13-32-22-26-24-14-27(22)2/h3-10,14,18,28H,11-13H2,1-2H3,(H,23,30)(H,25,29). The summed E-state index contributed by atoms with van der Waals surface area (Å²) in [5, 5.41) is 23.8. The summed E-state index contributed by atoms with van der Waals surface area (Å²) in [6.45, 7) is 2.05. The molecule has 32 heavy (non-hydrogen) atoms. The Hall–Kier alpha value is -3.37. The molecule has 1 aromatic heterocycles. The summed E-state index contributed by atoms with van der Waals surface area (Å²) < 4.78 is 7.27. The fraction of sp³-hybridized carbons (Fsp3) is 0.273. The number of benzene rings is 2. The van der Waals surface area contributed by atoms with Crippen LogP contribution in [-0.2, 0) is 11.8 Å². The first-order valence-electron chi connectivity index (χ1n) is 9.93. The van der Waals surface area contributed by atoms with Gasteiger partial charge >= 0.3 is 0 Å². The van der Waals surface area contributed by atoms with Gasteiger partial charge < -0.3 is 25.0 Å². The molecule has 10 heteroatoms. The van der Waals surface area contributed by atoms with Crippen LogP contribution in [0.5, 0.6) is 5.75 Å². The summed E-state index contributed by atoms with van der Waals surface area (Å²) in [4.78, 5) is 24.6. The molecule has 3 rings (SSSR count). The van der Waals surface area contributed by atoms with Crippen LogP contribution in [0.3, 0.4) is 0 Å². The topological polar surface area (TPSA) is 118 Å². The number of amides is 2. The minimum Gasteiger partial charge on any atom is -0.491 e. The van der Waals surface area contributed by atoms with E-state index in [-0.39, 0.29) is 30.7 Å². The van der Waals surface area contributed by atoms with Gasteiger partial charge in [0.1, 0.15) is 24.8 Å². The third kappa shape index (κ3) is 7.10. The predicted octanol–water partition coefficient (Wildman–Crippen LogP) is 2.02. The Labute approximate surface area is 190 Å². The minimum atomic E-state index is -0.861. The van der Waals surface area contributed by atoms with Crippen LogP contribution in [0, 0.1) is 6.92 Å². The Kier molecular flexibility index (Phi) is 8.23. The zero-order valence-corrected chi connectivity index (χ0v) is 18.6. The number of aromatic nitrogens is 3. The monoisotopic (exact) mass is 455 g/mol. The van der Waals surface area contributed by atoms with Gasteiger partial charge in [0.05, 0.1) is 5.75 Å². The number of anilines is 1. The van der Waals surface area contributed by atoms with Gasteiger partial charge in [-0.25, -0.2) is 0 Å². The van der Waals surface area contributed by atoms with Crippen LogP contribution in [0.4, 0.5) is 5.69 Å². The lowest BCUT2D eigenvalue weighted by Crippen LogP contribution is -2.35. The van der Waals surface area contributed by atoms with Gasteiger partial charge in [0, 0.05) is 24.8 Å². The van der Waals surface area contributed by atoms with Gasteiger partial charge in [-0.1, -0.05) is 30.0 Å². The minimum absolute atomic E-state index is 0.0373. The maximum atomic E-state index is 12.4. The van der Waals surface area contributed by atoms with Crippen molar-refractivity contribution in [3.63, 3.8) is 0 Å². The number of aryl methyl sites for hydroxylation is 2. The molecule has 0 aliphatic heterocycles. The Balaban J connectivity index is 1.44. The van der Waals surface area contributed by atoms with E-state index < -0.39 is 6.10 Å². The number of carbonyl (C=O) groups is 2. The molecule has 0 aliphatic carbocycles. The average molecular weight is 456 g/mol. The fourth-order valence-corrected chi connectivity index (χ4v) is 3.43. The molecule has 0 saturated heterocycles. The summed E-state index contributed by atoms with van der Waals surface area (Å²) in [6.07, 6.45) is 0.702. The highest BCUT2D eigenvalue weighted by Crippen LogP contribution is 2.16. The van der Waals surface area contributed by atoms with Crippen LogP contribution in [0.15, 0.2) is 60.0 Å². The van der Waals surface area contributed by atoms with Crippen LogP contribution in [0.1, 0.15) is 15.9 Å². The molecular formula is C22H25N5O4S. The first-order chi connectivity index (χ1) is 15.4. The molecule has 1 unspecified atom stereocenters. The predicted molar refractivity (Wildman–Crippen MR) is 122 cm³/mol. The van der Waals surface area contributed by atoms with Crippen molar-refractivity contribution < 1.29 is 19.4 Å². The van der Waals surface area contributed by atoms with E-state index in [1.165, 1.54) is 11.8 Å². The lowest BCUT2D eigenvalue weighted by Gasteiger charge is -2.14. The van der Waals surface area contributed by atoms with E-state index in [1.807, 2.05) is 31.2 Å². The summed E-state index contributed by atoms with van der Waals surface area (Å²) in [5.74, 6) is 0.246. The van der Waals surface area contributed by atoms with Crippen LogP contribution >= 0.6 is 11.8 Å². The van der Waals surface area contributed by atoms with Crippen molar-refractivity contribution >= 4 is 29.3 Å². The molecule has 168 valence electrons. The Morgan fingerprint density at radius 2 is 2.03 bits per heavy atom. The molecular weight excluding hydrogens is 430 g/mol. The van der Waals surface area contributed by atoms with Crippen molar-refractivity contribution in [1.29, 1.82) is 0 Å². The van der Waals surface area contributed by atoms with E-state index in [2.05, 4.69) is 20.8 Å². The smallest absolute Gasteiger partial charge is 0.251 e. The fourth-order valence-electron chi connectivity index (χ4n) is 2.74. The molecule has 0 aliphatic rings. The Morgan fingerprint density at radius 3 is 2.78 bits per heavy atom. The van der Waals surface area contributed by atoms with Crippen LogP contribution in [0.25, 0.3) is 0 Å². The second kappa shape index (κ2) is 11.3. The number of aliphatic hydroxyl groups is 1. The second-order valence-corrected chi connectivity index (χ2v) is 8.08. The van der Waals surface area contributed by atoms with Gasteiger partial charge in [0.2, 0.25) is 5.91 Å². The molecule has 0 bridgehead atoms. The summed E-state index contributed by atoms with van der Waals surface area (Å²) in [6, 6.07) is 14.1. The zero-order chi connectivity index (χ0) is 22.9. The van der Waals surface area contributed by atoms with E-state index in [4.69, 9.17) is 4.74 Å². The maximum absolute atomic E-state index is 12.4. The summed E-state index contributed by atoms with van der Waals surface area (Å²) in [5.41, 5.74) is 1.93. The van der Waals surface area contributed by atoms with Crippen molar-refractivity contribution in [2.24, 2.45) is 7.05 Å². The highest BCUT2D eigenvalue weighted by molar-refractivity contribution is 7.99. The van der Waals surface area contributed by atoms with E-state index >= 15 is 0 Å². The molecule has 3 aromatic rings. The van der Waals surface area contributed by atoms with Gasteiger partial charge in [-0.15, -0.1) is 10.2 Å². The lowest BCUT2D eigenvalue weighted by atomic mass is 10.2. The highest BCUT2D eigenvalue weighted by atomic mass is 32.2. The number of nitrogens with zero attached hydrogens (tertiary/aromatic N) is 3. The van der Waals surface area contributed by atoms with Gasteiger partial charge in [0.25, 0.3) is 5.91 Å². The van der Waals surface area contributed by atoms with Crippen molar-refractivity contribution in [2.45, 2.75) is 18.2 Å². The molecule has 0 fully saturated rings.